The van der Waals surface area contributed by atoms with Gasteiger partial charge in [0.25, 0.3) is 0 Å². The van der Waals surface area contributed by atoms with Crippen LogP contribution >= 0.6 is 0 Å². The zero-order valence-corrected chi connectivity index (χ0v) is 11.7. The van der Waals surface area contributed by atoms with E-state index in [1.165, 1.54) is 16.7 Å². The van der Waals surface area contributed by atoms with Crippen molar-refractivity contribution in [2.75, 3.05) is 6.61 Å². The fraction of sp³-hybridized carbons (Fsp3) is 0.533. The van der Waals surface area contributed by atoms with Gasteiger partial charge in [0, 0.05) is 5.56 Å². The van der Waals surface area contributed by atoms with E-state index >= 15 is 0 Å². The third-order valence-corrected chi connectivity index (χ3v) is 3.66. The Bertz CT molecular complexity index is 480. The van der Waals surface area contributed by atoms with Gasteiger partial charge in [-0.15, -0.1) is 0 Å². The Morgan fingerprint density at radius 3 is 2.28 bits per heavy atom. The fourth-order valence-electron chi connectivity index (χ4n) is 2.73. The lowest BCUT2D eigenvalue weighted by Crippen LogP contribution is -2.36. The second kappa shape index (κ2) is 4.39. The molecule has 0 unspecified atom stereocenters. The van der Waals surface area contributed by atoms with Crippen molar-refractivity contribution in [2.24, 2.45) is 11.1 Å². The van der Waals surface area contributed by atoms with E-state index in [1.807, 2.05) is 13.8 Å². The summed E-state index contributed by atoms with van der Waals surface area (Å²) in [7, 11) is 0. The van der Waals surface area contributed by atoms with Crippen molar-refractivity contribution in [3.05, 3.63) is 34.4 Å². The summed E-state index contributed by atoms with van der Waals surface area (Å²) in [6.45, 7) is 10.2. The van der Waals surface area contributed by atoms with E-state index in [2.05, 4.69) is 38.1 Å². The molecule has 1 N–H and O–H groups in total. The molecule has 2 rings (SSSR count). The molecule has 0 aliphatic carbocycles. The molecule has 0 aromatic heterocycles. The van der Waals surface area contributed by atoms with E-state index < -0.39 is 5.60 Å². The average Bonchev–Trinajstić information content (AvgIpc) is 2.52. The van der Waals surface area contributed by atoms with Crippen molar-refractivity contribution in [1.29, 1.82) is 0 Å². The highest BCUT2D eigenvalue weighted by atomic mass is 16.7. The van der Waals surface area contributed by atoms with E-state index in [-0.39, 0.29) is 12.5 Å². The molecule has 1 aromatic carbocycles. The number of aliphatic hydroxyl groups excluding tert-OH is 1. The third kappa shape index (κ3) is 2.03. The molecule has 0 fully saturated rings. The summed E-state index contributed by atoms with van der Waals surface area (Å²) in [5.41, 5.74) is 5.17. The van der Waals surface area contributed by atoms with E-state index in [9.17, 15) is 5.11 Å². The van der Waals surface area contributed by atoms with Gasteiger partial charge in [0.15, 0.2) is 0 Å². The van der Waals surface area contributed by atoms with Crippen LogP contribution in [0.2, 0.25) is 0 Å². The molecule has 3 nitrogen and oxygen atoms in total. The molecule has 1 atom stereocenters. The maximum absolute atomic E-state index is 9.61. The van der Waals surface area contributed by atoms with Crippen LogP contribution in [0.15, 0.2) is 17.3 Å². The van der Waals surface area contributed by atoms with Gasteiger partial charge < -0.3 is 9.94 Å². The Morgan fingerprint density at radius 1 is 1.22 bits per heavy atom. The van der Waals surface area contributed by atoms with Crippen LogP contribution in [-0.4, -0.2) is 23.0 Å². The van der Waals surface area contributed by atoms with Gasteiger partial charge in [-0.05, 0) is 45.7 Å². The largest absolute Gasteiger partial charge is 0.396 e. The first kappa shape index (κ1) is 13.1. The maximum atomic E-state index is 9.61. The van der Waals surface area contributed by atoms with E-state index in [1.54, 1.807) is 0 Å². The first-order chi connectivity index (χ1) is 8.36. The van der Waals surface area contributed by atoms with Gasteiger partial charge in [0.1, 0.15) is 5.60 Å². The number of hydrogen-bond acceptors (Lipinski definition) is 3. The Labute approximate surface area is 108 Å². The minimum atomic E-state index is -0.437. The minimum Gasteiger partial charge on any atom is -0.396 e. The zero-order chi connectivity index (χ0) is 13.5. The Balaban J connectivity index is 2.51. The van der Waals surface area contributed by atoms with Crippen molar-refractivity contribution < 1.29 is 9.94 Å². The van der Waals surface area contributed by atoms with Gasteiger partial charge >= 0.3 is 0 Å². The van der Waals surface area contributed by atoms with Gasteiger partial charge in [-0.1, -0.05) is 22.9 Å². The lowest BCUT2D eigenvalue weighted by atomic mass is 9.82. The van der Waals surface area contributed by atoms with Crippen molar-refractivity contribution >= 4 is 5.71 Å². The number of nitrogens with zero attached hydrogens (tertiary/aromatic N) is 1. The molecule has 0 amide bonds. The number of aryl methyl sites for hydroxylation is 3. The van der Waals surface area contributed by atoms with Crippen LogP contribution < -0.4 is 0 Å². The second-order valence-electron chi connectivity index (χ2n) is 5.68. The molecule has 0 saturated heterocycles. The molecule has 1 heterocycles. The molecular weight excluding hydrogens is 226 g/mol. The molecule has 98 valence electrons. The summed E-state index contributed by atoms with van der Waals surface area (Å²) in [6.07, 6.45) is 0. The van der Waals surface area contributed by atoms with E-state index in [4.69, 9.17) is 4.84 Å². The highest BCUT2D eigenvalue weighted by Gasteiger charge is 2.42. The number of rotatable bonds is 2. The monoisotopic (exact) mass is 247 g/mol. The molecule has 3 heteroatoms. The normalized spacial score (nSPS) is 21.7. The fourth-order valence-corrected chi connectivity index (χ4v) is 2.73. The Morgan fingerprint density at radius 2 is 1.78 bits per heavy atom. The first-order valence-corrected chi connectivity index (χ1v) is 6.32. The molecule has 18 heavy (non-hydrogen) atoms. The standard InChI is InChI=1S/C15H21NO2/c1-9-6-10(2)13(11(3)7-9)14-12(8-17)15(4,5)18-16-14/h6-7,12,17H,8H2,1-5H3/t12-/m1/s1. The molecule has 0 saturated carbocycles. The predicted molar refractivity (Wildman–Crippen MR) is 72.9 cm³/mol. The van der Waals surface area contributed by atoms with Gasteiger partial charge in [-0.3, -0.25) is 0 Å². The SMILES string of the molecule is Cc1cc(C)c(C2=NOC(C)(C)[C@@H]2CO)c(C)c1. The molecule has 1 aliphatic heterocycles. The van der Waals surface area contributed by atoms with E-state index in [0.29, 0.717) is 0 Å². The highest BCUT2D eigenvalue weighted by Crippen LogP contribution is 2.34. The minimum absolute atomic E-state index is 0.0542. The lowest BCUT2D eigenvalue weighted by molar-refractivity contribution is -0.0260. The maximum Gasteiger partial charge on any atom is 0.142 e. The van der Waals surface area contributed by atoms with Gasteiger partial charge in [0.2, 0.25) is 0 Å². The van der Waals surface area contributed by atoms with Crippen LogP contribution in [0.3, 0.4) is 0 Å². The number of oxime groups is 1. The molecule has 1 aromatic rings. The summed E-state index contributed by atoms with van der Waals surface area (Å²) in [4.78, 5) is 5.48. The Kier molecular flexibility index (Phi) is 3.20. The van der Waals surface area contributed by atoms with E-state index in [0.717, 1.165) is 11.3 Å². The van der Waals surface area contributed by atoms with Crippen molar-refractivity contribution in [3.63, 3.8) is 0 Å². The Hall–Kier alpha value is -1.35. The number of aliphatic hydroxyl groups is 1. The molecular formula is C15H21NO2. The lowest BCUT2D eigenvalue weighted by Gasteiger charge is -2.24. The summed E-state index contributed by atoms with van der Waals surface area (Å²) < 4.78 is 0. The quantitative estimate of drug-likeness (QED) is 0.873. The molecule has 0 spiro atoms. The number of hydrogen-bond donors (Lipinski definition) is 1. The van der Waals surface area contributed by atoms with Crippen molar-refractivity contribution in [1.82, 2.24) is 0 Å². The van der Waals surface area contributed by atoms with Crippen molar-refractivity contribution in [3.8, 4) is 0 Å². The summed E-state index contributed by atoms with van der Waals surface area (Å²) in [5, 5.41) is 13.8. The molecule has 0 bridgehead atoms. The predicted octanol–water partition coefficient (Wildman–Crippen LogP) is 2.73. The van der Waals surface area contributed by atoms with Crippen LogP contribution in [0, 0.1) is 26.7 Å². The molecule has 1 aliphatic rings. The van der Waals surface area contributed by atoms with Crippen LogP contribution in [0.4, 0.5) is 0 Å². The van der Waals surface area contributed by atoms with Gasteiger partial charge in [0.05, 0.1) is 18.2 Å². The third-order valence-electron chi connectivity index (χ3n) is 3.66. The topological polar surface area (TPSA) is 41.8 Å². The summed E-state index contributed by atoms with van der Waals surface area (Å²) in [6, 6.07) is 4.29. The molecule has 0 radical (unpaired) electrons. The van der Waals surface area contributed by atoms with Crippen LogP contribution in [0.5, 0.6) is 0 Å². The summed E-state index contributed by atoms with van der Waals surface area (Å²) >= 11 is 0. The summed E-state index contributed by atoms with van der Waals surface area (Å²) in [5.74, 6) is -0.0717. The highest BCUT2D eigenvalue weighted by molar-refractivity contribution is 6.05. The van der Waals surface area contributed by atoms with Crippen LogP contribution in [0.1, 0.15) is 36.1 Å². The van der Waals surface area contributed by atoms with Crippen LogP contribution in [-0.2, 0) is 4.84 Å². The zero-order valence-electron chi connectivity index (χ0n) is 11.7. The van der Waals surface area contributed by atoms with Crippen molar-refractivity contribution in [2.45, 2.75) is 40.2 Å². The van der Waals surface area contributed by atoms with Crippen LogP contribution in [0.25, 0.3) is 0 Å². The van der Waals surface area contributed by atoms with Gasteiger partial charge in [-0.2, -0.15) is 0 Å². The first-order valence-electron chi connectivity index (χ1n) is 6.32. The number of benzene rings is 1. The van der Waals surface area contributed by atoms with Gasteiger partial charge in [-0.25, -0.2) is 0 Å². The second-order valence-corrected chi connectivity index (χ2v) is 5.68. The average molecular weight is 247 g/mol. The smallest absolute Gasteiger partial charge is 0.142 e.